The molecule has 148 valence electrons. The number of anilines is 1. The first-order valence-corrected chi connectivity index (χ1v) is 11.7. The van der Waals surface area contributed by atoms with Gasteiger partial charge < -0.3 is 0 Å². The first kappa shape index (κ1) is 22.0. The number of sulfonamides is 1. The van der Waals surface area contributed by atoms with Crippen LogP contribution in [0.1, 0.15) is 81.5 Å². The van der Waals surface area contributed by atoms with Crippen molar-refractivity contribution < 1.29 is 8.42 Å². The zero-order valence-electron chi connectivity index (χ0n) is 17.2. The largest absolute Gasteiger partial charge is 0.279 e. The predicted molar refractivity (Wildman–Crippen MR) is 118 cm³/mol. The maximum atomic E-state index is 13.4. The smallest absolute Gasteiger partial charge is 0.262 e. The number of nitrogens with one attached hydrogen (secondary N) is 1. The topological polar surface area (TPSA) is 46.2 Å². The number of hydrogen-bond donors (Lipinski definition) is 1. The fourth-order valence-electron chi connectivity index (χ4n) is 3.14. The third-order valence-corrected chi connectivity index (χ3v) is 6.77. The lowest BCUT2D eigenvalue weighted by molar-refractivity contribution is 0.595. The Balaban J connectivity index is 2.70. The summed E-state index contributed by atoms with van der Waals surface area (Å²) in [6.07, 6.45) is 0. The highest BCUT2D eigenvalue weighted by Crippen LogP contribution is 2.36. The van der Waals surface area contributed by atoms with E-state index in [1.165, 1.54) is 5.56 Å². The summed E-state index contributed by atoms with van der Waals surface area (Å²) < 4.78 is 30.6. The van der Waals surface area contributed by atoms with Crippen LogP contribution in [-0.2, 0) is 10.0 Å². The molecule has 3 nitrogen and oxygen atoms in total. The lowest BCUT2D eigenvalue weighted by Gasteiger charge is -2.23. The molecule has 0 saturated carbocycles. The highest BCUT2D eigenvalue weighted by molar-refractivity contribution is 9.10. The average molecular weight is 452 g/mol. The van der Waals surface area contributed by atoms with Gasteiger partial charge in [0.1, 0.15) is 0 Å². The monoisotopic (exact) mass is 451 g/mol. The molecule has 0 amide bonds. The molecule has 0 radical (unpaired) electrons. The summed E-state index contributed by atoms with van der Waals surface area (Å²) in [7, 11) is -3.71. The number of hydrogen-bond acceptors (Lipinski definition) is 2. The summed E-state index contributed by atoms with van der Waals surface area (Å²) in [6.45, 7) is 14.4. The van der Waals surface area contributed by atoms with Crippen LogP contribution in [0.3, 0.4) is 0 Å². The van der Waals surface area contributed by atoms with Crippen molar-refractivity contribution in [3.05, 3.63) is 57.1 Å². The Labute approximate surface area is 172 Å². The normalized spacial score (nSPS) is 12.3. The molecule has 2 rings (SSSR count). The van der Waals surface area contributed by atoms with Crippen LogP contribution < -0.4 is 4.72 Å². The highest BCUT2D eigenvalue weighted by Gasteiger charge is 2.27. The van der Waals surface area contributed by atoms with E-state index in [2.05, 4.69) is 46.6 Å². The molecule has 2 aromatic carbocycles. The first-order chi connectivity index (χ1) is 12.4. The van der Waals surface area contributed by atoms with Crippen LogP contribution in [0, 0.1) is 6.92 Å². The second-order valence-corrected chi connectivity index (χ2v) is 10.6. The molecular weight excluding hydrogens is 422 g/mol. The fourth-order valence-corrected chi connectivity index (χ4v) is 5.44. The van der Waals surface area contributed by atoms with Gasteiger partial charge in [-0.2, -0.15) is 0 Å². The molecule has 0 aromatic heterocycles. The minimum atomic E-state index is -3.71. The molecule has 0 aliphatic carbocycles. The minimum Gasteiger partial charge on any atom is -0.279 e. The SMILES string of the molecule is Cc1cc(Br)ccc1NS(=O)(=O)c1c(C(C)C)cc(C(C)C)cc1C(C)C. The standard InChI is InChI=1S/C22H30BrNO2S/c1-13(2)17-11-19(14(3)4)22(20(12-17)15(5)6)27(25,26)24-21-9-8-18(23)10-16(21)7/h8-15,24H,1-7H3. The summed E-state index contributed by atoms with van der Waals surface area (Å²) in [5.74, 6) is 0.566. The molecule has 0 atom stereocenters. The van der Waals surface area contributed by atoms with Crippen molar-refractivity contribution in [1.29, 1.82) is 0 Å². The molecule has 1 N–H and O–H groups in total. The second-order valence-electron chi connectivity index (χ2n) is 8.06. The van der Waals surface area contributed by atoms with Crippen molar-refractivity contribution in [1.82, 2.24) is 0 Å². The van der Waals surface area contributed by atoms with E-state index in [0.29, 0.717) is 16.5 Å². The zero-order chi connectivity index (χ0) is 20.5. The molecule has 0 aliphatic heterocycles. The van der Waals surface area contributed by atoms with E-state index in [1.807, 2.05) is 46.8 Å². The molecule has 27 heavy (non-hydrogen) atoms. The van der Waals surface area contributed by atoms with Crippen LogP contribution in [0.5, 0.6) is 0 Å². The van der Waals surface area contributed by atoms with Gasteiger partial charge in [0, 0.05) is 4.47 Å². The van der Waals surface area contributed by atoms with Gasteiger partial charge >= 0.3 is 0 Å². The van der Waals surface area contributed by atoms with Crippen LogP contribution in [0.2, 0.25) is 0 Å². The Kier molecular flexibility index (Phi) is 6.80. The van der Waals surface area contributed by atoms with Gasteiger partial charge in [-0.3, -0.25) is 4.72 Å². The predicted octanol–water partition coefficient (Wildman–Crippen LogP) is 6.93. The Morgan fingerprint density at radius 3 is 1.78 bits per heavy atom. The summed E-state index contributed by atoms with van der Waals surface area (Å²) in [6, 6.07) is 9.67. The molecular formula is C22H30BrNO2S. The number of rotatable bonds is 6. The Morgan fingerprint density at radius 1 is 0.852 bits per heavy atom. The minimum absolute atomic E-state index is 0.110. The molecule has 0 bridgehead atoms. The molecule has 0 aliphatic rings. The molecule has 5 heteroatoms. The van der Waals surface area contributed by atoms with Gasteiger partial charge in [-0.05, 0) is 65.1 Å². The van der Waals surface area contributed by atoms with Crippen LogP contribution in [0.4, 0.5) is 5.69 Å². The van der Waals surface area contributed by atoms with E-state index in [0.717, 1.165) is 21.2 Å². The molecule has 0 saturated heterocycles. The van der Waals surface area contributed by atoms with Crippen molar-refractivity contribution in [3.8, 4) is 0 Å². The highest BCUT2D eigenvalue weighted by atomic mass is 79.9. The van der Waals surface area contributed by atoms with Crippen molar-refractivity contribution in [2.24, 2.45) is 0 Å². The van der Waals surface area contributed by atoms with E-state index in [-0.39, 0.29) is 11.8 Å². The van der Waals surface area contributed by atoms with Gasteiger partial charge in [-0.1, -0.05) is 69.6 Å². The van der Waals surface area contributed by atoms with Crippen LogP contribution in [-0.4, -0.2) is 8.42 Å². The third kappa shape index (κ3) is 4.94. The van der Waals surface area contributed by atoms with Crippen molar-refractivity contribution in [3.63, 3.8) is 0 Å². The Hall–Kier alpha value is -1.33. The van der Waals surface area contributed by atoms with E-state index >= 15 is 0 Å². The molecule has 0 spiro atoms. The van der Waals surface area contributed by atoms with Gasteiger partial charge in [-0.25, -0.2) is 8.42 Å². The van der Waals surface area contributed by atoms with E-state index in [4.69, 9.17) is 0 Å². The van der Waals surface area contributed by atoms with Gasteiger partial charge in [-0.15, -0.1) is 0 Å². The third-order valence-electron chi connectivity index (χ3n) is 4.78. The summed E-state index contributed by atoms with van der Waals surface area (Å²) in [5, 5.41) is 0. The maximum absolute atomic E-state index is 13.4. The Bertz CT molecular complexity index is 902. The number of halogens is 1. The maximum Gasteiger partial charge on any atom is 0.262 e. The zero-order valence-corrected chi connectivity index (χ0v) is 19.6. The molecule has 0 fully saturated rings. The quantitative estimate of drug-likeness (QED) is 0.517. The average Bonchev–Trinajstić information content (AvgIpc) is 2.55. The molecule has 0 unspecified atom stereocenters. The molecule has 2 aromatic rings. The van der Waals surface area contributed by atoms with Crippen molar-refractivity contribution >= 4 is 31.6 Å². The van der Waals surface area contributed by atoms with Crippen LogP contribution >= 0.6 is 15.9 Å². The summed E-state index contributed by atoms with van der Waals surface area (Å²) >= 11 is 3.43. The number of aryl methyl sites for hydroxylation is 1. The van der Waals surface area contributed by atoms with Crippen molar-refractivity contribution in [2.45, 2.75) is 71.1 Å². The van der Waals surface area contributed by atoms with Gasteiger partial charge in [0.25, 0.3) is 10.0 Å². The summed E-state index contributed by atoms with van der Waals surface area (Å²) in [5.41, 5.74) is 4.43. The van der Waals surface area contributed by atoms with Crippen LogP contribution in [0.15, 0.2) is 39.7 Å². The van der Waals surface area contributed by atoms with Gasteiger partial charge in [0.05, 0.1) is 10.6 Å². The van der Waals surface area contributed by atoms with Crippen LogP contribution in [0.25, 0.3) is 0 Å². The summed E-state index contributed by atoms with van der Waals surface area (Å²) in [4.78, 5) is 0.430. The first-order valence-electron chi connectivity index (χ1n) is 9.40. The Morgan fingerprint density at radius 2 is 1.37 bits per heavy atom. The van der Waals surface area contributed by atoms with E-state index in [9.17, 15) is 8.42 Å². The van der Waals surface area contributed by atoms with Gasteiger partial charge in [0.2, 0.25) is 0 Å². The fraction of sp³-hybridized carbons (Fsp3) is 0.455. The van der Waals surface area contributed by atoms with E-state index in [1.54, 1.807) is 6.07 Å². The molecule has 0 heterocycles. The lowest BCUT2D eigenvalue weighted by atomic mass is 9.89. The lowest BCUT2D eigenvalue weighted by Crippen LogP contribution is -2.19. The number of benzene rings is 2. The van der Waals surface area contributed by atoms with Gasteiger partial charge in [0.15, 0.2) is 0 Å². The second kappa shape index (κ2) is 8.36. The van der Waals surface area contributed by atoms with Crippen molar-refractivity contribution in [2.75, 3.05) is 4.72 Å². The van der Waals surface area contributed by atoms with E-state index < -0.39 is 10.0 Å².